The van der Waals surface area contributed by atoms with Crippen molar-refractivity contribution in [2.75, 3.05) is 26.2 Å². The van der Waals surface area contributed by atoms with E-state index in [2.05, 4.69) is 37.9 Å². The lowest BCUT2D eigenvalue weighted by atomic mass is 9.85. The van der Waals surface area contributed by atoms with Crippen LogP contribution in [-0.4, -0.2) is 43.0 Å². The third-order valence-corrected chi connectivity index (χ3v) is 4.08. The Balaban J connectivity index is 2.41. The lowest BCUT2D eigenvalue weighted by Crippen LogP contribution is -2.54. The van der Waals surface area contributed by atoms with Crippen LogP contribution in [0, 0.1) is 17.8 Å². The minimum atomic E-state index is 0.139. The maximum atomic E-state index is 12.0. The first-order chi connectivity index (χ1) is 8.93. The number of nitrogens with two attached hydrogens (primary N) is 1. The summed E-state index contributed by atoms with van der Waals surface area (Å²) < 4.78 is 0. The summed E-state index contributed by atoms with van der Waals surface area (Å²) in [6.45, 7) is 11.8. The molecule has 0 spiro atoms. The number of carbonyl (C=O) groups excluding carboxylic acids is 1. The van der Waals surface area contributed by atoms with Crippen molar-refractivity contribution in [3.8, 4) is 0 Å². The van der Waals surface area contributed by atoms with Gasteiger partial charge in [0, 0.05) is 25.7 Å². The van der Waals surface area contributed by atoms with Crippen LogP contribution in [0.15, 0.2) is 0 Å². The van der Waals surface area contributed by atoms with Gasteiger partial charge in [0.05, 0.1) is 6.54 Å². The van der Waals surface area contributed by atoms with Gasteiger partial charge in [-0.2, -0.15) is 0 Å². The molecular weight excluding hydrogens is 238 g/mol. The van der Waals surface area contributed by atoms with Gasteiger partial charge in [-0.1, -0.05) is 27.7 Å². The van der Waals surface area contributed by atoms with E-state index in [9.17, 15) is 4.79 Å². The smallest absolute Gasteiger partial charge is 0.234 e. The van der Waals surface area contributed by atoms with E-state index in [4.69, 9.17) is 5.73 Å². The van der Waals surface area contributed by atoms with E-state index in [0.29, 0.717) is 36.9 Å². The lowest BCUT2D eigenvalue weighted by molar-refractivity contribution is -0.123. The number of piperidine rings is 1. The zero-order valence-electron chi connectivity index (χ0n) is 13.0. The molecule has 1 saturated heterocycles. The highest BCUT2D eigenvalue weighted by Gasteiger charge is 2.31. The molecule has 1 aliphatic heterocycles. The fourth-order valence-corrected chi connectivity index (χ4v) is 3.07. The Morgan fingerprint density at radius 3 is 2.68 bits per heavy atom. The second-order valence-corrected chi connectivity index (χ2v) is 6.58. The van der Waals surface area contributed by atoms with Gasteiger partial charge in [0.2, 0.25) is 5.91 Å². The number of hydrogen-bond acceptors (Lipinski definition) is 3. The van der Waals surface area contributed by atoms with Gasteiger partial charge in [-0.25, -0.2) is 0 Å². The van der Waals surface area contributed by atoms with Crippen LogP contribution in [0.2, 0.25) is 0 Å². The number of likely N-dealkylation sites (tertiary alicyclic amines) is 1. The van der Waals surface area contributed by atoms with Crippen LogP contribution in [0.1, 0.15) is 40.5 Å². The van der Waals surface area contributed by atoms with E-state index >= 15 is 0 Å². The number of nitrogens with zero attached hydrogens (tertiary/aromatic N) is 1. The fraction of sp³-hybridized carbons (Fsp3) is 0.933. The second kappa shape index (κ2) is 7.85. The van der Waals surface area contributed by atoms with Gasteiger partial charge >= 0.3 is 0 Å². The molecule has 4 heteroatoms. The summed E-state index contributed by atoms with van der Waals surface area (Å²) in [5.41, 5.74) is 5.87. The maximum Gasteiger partial charge on any atom is 0.234 e. The molecule has 1 heterocycles. The standard InChI is InChI=1S/C15H31N3O/c1-11(2)5-6-17-15(19)10-18-9-12(3)7-13(4)14(18)8-16/h11-14H,5-10,16H2,1-4H3,(H,17,19). The first-order valence-corrected chi connectivity index (χ1v) is 7.64. The topological polar surface area (TPSA) is 58.4 Å². The van der Waals surface area contributed by atoms with Gasteiger partial charge in [0.15, 0.2) is 0 Å². The lowest BCUT2D eigenvalue weighted by Gasteiger charge is -2.42. The van der Waals surface area contributed by atoms with E-state index in [1.807, 2.05) is 0 Å². The highest BCUT2D eigenvalue weighted by molar-refractivity contribution is 5.78. The summed E-state index contributed by atoms with van der Waals surface area (Å²) in [7, 11) is 0. The Hall–Kier alpha value is -0.610. The number of rotatable bonds is 6. The Labute approximate surface area is 118 Å². The van der Waals surface area contributed by atoms with Crippen molar-refractivity contribution in [2.45, 2.75) is 46.6 Å². The molecule has 3 atom stereocenters. The van der Waals surface area contributed by atoms with Crippen LogP contribution in [0.25, 0.3) is 0 Å². The molecule has 1 fully saturated rings. The van der Waals surface area contributed by atoms with Crippen LogP contribution in [-0.2, 0) is 4.79 Å². The fourth-order valence-electron chi connectivity index (χ4n) is 3.07. The zero-order chi connectivity index (χ0) is 14.4. The molecule has 0 aromatic carbocycles. The average molecular weight is 269 g/mol. The Morgan fingerprint density at radius 2 is 2.11 bits per heavy atom. The minimum Gasteiger partial charge on any atom is -0.355 e. The van der Waals surface area contributed by atoms with Crippen molar-refractivity contribution in [1.82, 2.24) is 10.2 Å². The number of hydrogen-bond donors (Lipinski definition) is 2. The Morgan fingerprint density at radius 1 is 1.42 bits per heavy atom. The van der Waals surface area contributed by atoms with Crippen molar-refractivity contribution >= 4 is 5.91 Å². The van der Waals surface area contributed by atoms with Gasteiger partial charge in [0.1, 0.15) is 0 Å². The van der Waals surface area contributed by atoms with Crippen molar-refractivity contribution in [1.29, 1.82) is 0 Å². The molecule has 3 unspecified atom stereocenters. The highest BCUT2D eigenvalue weighted by atomic mass is 16.2. The third kappa shape index (κ3) is 5.49. The molecule has 0 aromatic heterocycles. The predicted octanol–water partition coefficient (Wildman–Crippen LogP) is 1.45. The van der Waals surface area contributed by atoms with E-state index in [-0.39, 0.29) is 5.91 Å². The largest absolute Gasteiger partial charge is 0.355 e. The van der Waals surface area contributed by atoms with Gasteiger partial charge < -0.3 is 11.1 Å². The molecule has 1 aliphatic rings. The van der Waals surface area contributed by atoms with Crippen LogP contribution in [0.4, 0.5) is 0 Å². The van der Waals surface area contributed by atoms with Crippen LogP contribution in [0.3, 0.4) is 0 Å². The zero-order valence-corrected chi connectivity index (χ0v) is 13.0. The molecule has 0 radical (unpaired) electrons. The third-order valence-electron chi connectivity index (χ3n) is 4.08. The Kier molecular flexibility index (Phi) is 6.80. The first kappa shape index (κ1) is 16.4. The Bertz CT molecular complexity index is 281. The van der Waals surface area contributed by atoms with E-state index in [0.717, 1.165) is 19.5 Å². The normalized spacial score (nSPS) is 28.6. The first-order valence-electron chi connectivity index (χ1n) is 7.64. The highest BCUT2D eigenvalue weighted by Crippen LogP contribution is 2.26. The summed E-state index contributed by atoms with van der Waals surface area (Å²) in [5, 5.41) is 3.01. The molecule has 1 rings (SSSR count). The van der Waals surface area contributed by atoms with E-state index in [1.165, 1.54) is 6.42 Å². The molecule has 3 N–H and O–H groups in total. The molecule has 0 aromatic rings. The minimum absolute atomic E-state index is 0.139. The van der Waals surface area contributed by atoms with Crippen LogP contribution >= 0.6 is 0 Å². The summed E-state index contributed by atoms with van der Waals surface area (Å²) >= 11 is 0. The van der Waals surface area contributed by atoms with Gasteiger partial charge in [-0.3, -0.25) is 9.69 Å². The van der Waals surface area contributed by atoms with Gasteiger partial charge in [-0.15, -0.1) is 0 Å². The van der Waals surface area contributed by atoms with Gasteiger partial charge in [-0.05, 0) is 30.6 Å². The van der Waals surface area contributed by atoms with Crippen LogP contribution in [0.5, 0.6) is 0 Å². The molecule has 1 amide bonds. The summed E-state index contributed by atoms with van der Waals surface area (Å²) in [5.74, 6) is 2.01. The monoisotopic (exact) mass is 269 g/mol. The molecule has 0 aliphatic carbocycles. The molecule has 112 valence electrons. The number of nitrogens with one attached hydrogen (secondary N) is 1. The van der Waals surface area contributed by atoms with Crippen LogP contribution < -0.4 is 11.1 Å². The second-order valence-electron chi connectivity index (χ2n) is 6.58. The summed E-state index contributed by atoms with van der Waals surface area (Å²) in [6.07, 6.45) is 2.26. The van der Waals surface area contributed by atoms with Crippen molar-refractivity contribution in [3.63, 3.8) is 0 Å². The summed E-state index contributed by atoms with van der Waals surface area (Å²) in [6, 6.07) is 0.354. The quantitative estimate of drug-likeness (QED) is 0.767. The van der Waals surface area contributed by atoms with E-state index < -0.39 is 0 Å². The van der Waals surface area contributed by atoms with Crippen molar-refractivity contribution in [3.05, 3.63) is 0 Å². The molecule has 0 bridgehead atoms. The molecule has 19 heavy (non-hydrogen) atoms. The van der Waals surface area contributed by atoms with Crippen molar-refractivity contribution in [2.24, 2.45) is 23.5 Å². The van der Waals surface area contributed by atoms with E-state index in [1.54, 1.807) is 0 Å². The predicted molar refractivity (Wildman–Crippen MR) is 79.8 cm³/mol. The molecular formula is C15H31N3O. The van der Waals surface area contributed by atoms with Gasteiger partial charge in [0.25, 0.3) is 0 Å². The molecule has 0 saturated carbocycles. The average Bonchev–Trinajstić information content (AvgIpc) is 2.27. The number of carbonyl (C=O) groups is 1. The maximum absolute atomic E-state index is 12.0. The number of amides is 1. The SMILES string of the molecule is CC(C)CCNC(=O)CN1CC(C)CC(C)C1CN. The van der Waals surface area contributed by atoms with Crippen molar-refractivity contribution < 1.29 is 4.79 Å². The summed E-state index contributed by atoms with van der Waals surface area (Å²) in [4.78, 5) is 14.2. The molecule has 4 nitrogen and oxygen atoms in total.